The lowest BCUT2D eigenvalue weighted by atomic mass is 9.94. The Hall–Kier alpha value is -1.76. The number of benzene rings is 1. The maximum absolute atomic E-state index is 12.2. The van der Waals surface area contributed by atoms with Crippen LogP contribution in [-0.4, -0.2) is 38.1 Å². The highest BCUT2D eigenvalue weighted by molar-refractivity contribution is 5.73. The first-order valence-corrected chi connectivity index (χ1v) is 7.88. The molecule has 0 aliphatic heterocycles. The predicted octanol–water partition coefficient (Wildman–Crippen LogP) is 3.67. The Morgan fingerprint density at radius 2 is 1.92 bits per heavy atom. The van der Waals surface area contributed by atoms with Gasteiger partial charge in [0.05, 0.1) is 12.5 Å². The third kappa shape index (κ3) is 6.03. The molecule has 4 nitrogen and oxygen atoms in total. The molecule has 0 heterocycles. The minimum atomic E-state index is -4.40. The molecule has 1 aliphatic rings. The van der Waals surface area contributed by atoms with Gasteiger partial charge in [-0.2, -0.15) is 13.2 Å². The second kappa shape index (κ2) is 8.37. The van der Waals surface area contributed by atoms with E-state index in [9.17, 15) is 18.0 Å². The highest BCUT2D eigenvalue weighted by Gasteiger charge is 2.29. The minimum absolute atomic E-state index is 0.0177. The van der Waals surface area contributed by atoms with Gasteiger partial charge in [-0.05, 0) is 37.0 Å². The summed E-state index contributed by atoms with van der Waals surface area (Å²) in [6.07, 6.45) is -1.12. The molecule has 2 atom stereocenters. The first-order valence-electron chi connectivity index (χ1n) is 7.88. The monoisotopic (exact) mass is 346 g/mol. The zero-order chi connectivity index (χ0) is 17.6. The van der Waals surface area contributed by atoms with Gasteiger partial charge >= 0.3 is 12.1 Å². The summed E-state index contributed by atoms with van der Waals surface area (Å²) in [5.41, 5.74) is 0.546. The molecular weight excluding hydrogens is 325 g/mol. The van der Waals surface area contributed by atoms with Crippen LogP contribution in [0.3, 0.4) is 0 Å². The van der Waals surface area contributed by atoms with Gasteiger partial charge in [0, 0.05) is 7.11 Å². The second-order valence-corrected chi connectivity index (χ2v) is 5.81. The maximum atomic E-state index is 12.2. The van der Waals surface area contributed by atoms with Gasteiger partial charge in [-0.3, -0.25) is 4.79 Å². The van der Waals surface area contributed by atoms with E-state index >= 15 is 0 Å². The Morgan fingerprint density at radius 3 is 2.58 bits per heavy atom. The maximum Gasteiger partial charge on any atom is 0.422 e. The van der Waals surface area contributed by atoms with Gasteiger partial charge < -0.3 is 14.2 Å². The number of hydrogen-bond acceptors (Lipinski definition) is 4. The zero-order valence-corrected chi connectivity index (χ0v) is 13.5. The Kier molecular flexibility index (Phi) is 6.48. The van der Waals surface area contributed by atoms with Crippen LogP contribution in [0.15, 0.2) is 24.3 Å². The Morgan fingerprint density at radius 1 is 1.21 bits per heavy atom. The average molecular weight is 346 g/mol. The lowest BCUT2D eigenvalue weighted by molar-refractivity contribution is -0.158. The number of methoxy groups -OCH3 is 1. The van der Waals surface area contributed by atoms with Crippen molar-refractivity contribution in [1.29, 1.82) is 0 Å². The molecule has 0 amide bonds. The lowest BCUT2D eigenvalue weighted by Crippen LogP contribution is -2.36. The number of carbonyl (C=O) groups is 1. The van der Waals surface area contributed by atoms with Crippen molar-refractivity contribution in [1.82, 2.24) is 0 Å². The van der Waals surface area contributed by atoms with Crippen molar-refractivity contribution in [2.75, 3.05) is 13.7 Å². The Balaban J connectivity index is 1.89. The van der Waals surface area contributed by atoms with E-state index in [0.29, 0.717) is 5.56 Å². The molecule has 1 aliphatic carbocycles. The molecule has 0 aromatic heterocycles. The van der Waals surface area contributed by atoms with Gasteiger partial charge in [0.15, 0.2) is 6.61 Å². The molecule has 0 saturated heterocycles. The van der Waals surface area contributed by atoms with Crippen molar-refractivity contribution in [2.24, 2.45) is 0 Å². The number of esters is 1. The summed E-state index contributed by atoms with van der Waals surface area (Å²) in [5.74, 6) is -0.345. The largest absolute Gasteiger partial charge is 0.484 e. The molecule has 7 heteroatoms. The highest BCUT2D eigenvalue weighted by atomic mass is 19.4. The third-order valence-corrected chi connectivity index (χ3v) is 3.88. The SMILES string of the molecule is CO[C@H]1CCCC[C@@H]1OC(=O)Cc1cccc(OCC(F)(F)F)c1. The van der Waals surface area contributed by atoms with Crippen molar-refractivity contribution in [3.05, 3.63) is 29.8 Å². The second-order valence-electron chi connectivity index (χ2n) is 5.81. The lowest BCUT2D eigenvalue weighted by Gasteiger charge is -2.29. The van der Waals surface area contributed by atoms with Crippen LogP contribution in [0.1, 0.15) is 31.2 Å². The van der Waals surface area contributed by atoms with Crippen LogP contribution in [0.2, 0.25) is 0 Å². The summed E-state index contributed by atoms with van der Waals surface area (Å²) in [7, 11) is 1.60. The average Bonchev–Trinajstić information content (AvgIpc) is 2.53. The third-order valence-electron chi connectivity index (χ3n) is 3.88. The molecule has 1 saturated carbocycles. The molecule has 0 unspecified atom stereocenters. The van der Waals surface area contributed by atoms with Crippen molar-refractivity contribution in [3.63, 3.8) is 0 Å². The number of halogens is 3. The minimum Gasteiger partial charge on any atom is -0.484 e. The molecule has 24 heavy (non-hydrogen) atoms. The van der Waals surface area contributed by atoms with E-state index in [1.54, 1.807) is 19.2 Å². The fourth-order valence-electron chi connectivity index (χ4n) is 2.75. The first-order chi connectivity index (χ1) is 11.4. The van der Waals surface area contributed by atoms with Crippen LogP contribution in [0.25, 0.3) is 0 Å². The molecule has 2 rings (SSSR count). The molecule has 1 aromatic rings. The molecule has 0 radical (unpaired) electrons. The Bertz CT molecular complexity index is 545. The number of carbonyl (C=O) groups excluding carboxylic acids is 1. The van der Waals surface area contributed by atoms with E-state index in [2.05, 4.69) is 4.74 Å². The van der Waals surface area contributed by atoms with Gasteiger partial charge in [0.1, 0.15) is 11.9 Å². The summed E-state index contributed by atoms with van der Waals surface area (Å²) >= 11 is 0. The van der Waals surface area contributed by atoms with Crippen LogP contribution in [-0.2, 0) is 20.7 Å². The summed E-state index contributed by atoms with van der Waals surface area (Å²) in [6, 6.07) is 6.04. The first kappa shape index (κ1) is 18.6. The van der Waals surface area contributed by atoms with Crippen LogP contribution in [0.5, 0.6) is 5.75 Å². The van der Waals surface area contributed by atoms with E-state index in [1.807, 2.05) is 0 Å². The van der Waals surface area contributed by atoms with Gasteiger partial charge in [-0.15, -0.1) is 0 Å². The van der Waals surface area contributed by atoms with Crippen molar-refractivity contribution in [2.45, 2.75) is 50.5 Å². The van der Waals surface area contributed by atoms with Crippen molar-refractivity contribution in [3.8, 4) is 5.75 Å². The summed E-state index contributed by atoms with van der Waals surface area (Å²) in [4.78, 5) is 12.1. The van der Waals surface area contributed by atoms with Crippen LogP contribution in [0.4, 0.5) is 13.2 Å². The summed E-state index contributed by atoms with van der Waals surface area (Å²) in [6.45, 7) is -1.36. The molecular formula is C17H21F3O4. The number of alkyl halides is 3. The Labute approximate surface area is 138 Å². The normalized spacial score (nSPS) is 21.3. The van der Waals surface area contributed by atoms with Gasteiger partial charge in [0.2, 0.25) is 0 Å². The van der Waals surface area contributed by atoms with Crippen molar-refractivity contribution < 1.29 is 32.2 Å². The molecule has 1 fully saturated rings. The molecule has 0 spiro atoms. The van der Waals surface area contributed by atoms with E-state index in [4.69, 9.17) is 9.47 Å². The smallest absolute Gasteiger partial charge is 0.422 e. The van der Waals surface area contributed by atoms with Crippen molar-refractivity contribution >= 4 is 5.97 Å². The highest BCUT2D eigenvalue weighted by Crippen LogP contribution is 2.24. The topological polar surface area (TPSA) is 44.8 Å². The number of rotatable bonds is 6. The van der Waals surface area contributed by atoms with E-state index in [-0.39, 0.29) is 24.4 Å². The fourth-order valence-corrected chi connectivity index (χ4v) is 2.75. The van der Waals surface area contributed by atoms with Gasteiger partial charge in [-0.1, -0.05) is 18.6 Å². The molecule has 0 bridgehead atoms. The van der Waals surface area contributed by atoms with E-state index in [1.165, 1.54) is 12.1 Å². The summed E-state index contributed by atoms with van der Waals surface area (Å²) < 4.78 is 52.0. The molecule has 0 N–H and O–H groups in total. The van der Waals surface area contributed by atoms with Gasteiger partial charge in [0.25, 0.3) is 0 Å². The summed E-state index contributed by atoms with van der Waals surface area (Å²) in [5, 5.41) is 0. The van der Waals surface area contributed by atoms with E-state index in [0.717, 1.165) is 25.7 Å². The quantitative estimate of drug-likeness (QED) is 0.737. The number of ether oxygens (including phenoxy) is 3. The van der Waals surface area contributed by atoms with Crippen LogP contribution < -0.4 is 4.74 Å². The fraction of sp³-hybridized carbons (Fsp3) is 0.588. The van der Waals surface area contributed by atoms with E-state index < -0.39 is 18.8 Å². The molecule has 1 aromatic carbocycles. The number of hydrogen-bond donors (Lipinski definition) is 0. The standard InChI is InChI=1S/C17H21F3O4/c1-22-14-7-2-3-8-15(14)24-16(21)10-12-5-4-6-13(9-12)23-11-17(18,19)20/h4-6,9,14-15H,2-3,7-8,10-11H2,1H3/t14-,15-/m0/s1. The van der Waals surface area contributed by atoms with Crippen LogP contribution in [0, 0.1) is 0 Å². The van der Waals surface area contributed by atoms with Crippen LogP contribution >= 0.6 is 0 Å². The predicted molar refractivity (Wildman–Crippen MR) is 80.8 cm³/mol. The molecule has 134 valence electrons. The zero-order valence-electron chi connectivity index (χ0n) is 13.5. The van der Waals surface area contributed by atoms with Gasteiger partial charge in [-0.25, -0.2) is 0 Å².